The van der Waals surface area contributed by atoms with Crippen LogP contribution in [0.3, 0.4) is 0 Å². The molecule has 2 heterocycles. The Morgan fingerprint density at radius 2 is 2.00 bits per heavy atom. The van der Waals surface area contributed by atoms with Gasteiger partial charge in [0.2, 0.25) is 0 Å². The molecule has 1 saturated heterocycles. The van der Waals surface area contributed by atoms with Gasteiger partial charge in [-0.05, 0) is 12.8 Å². The van der Waals surface area contributed by atoms with Gasteiger partial charge in [-0.25, -0.2) is 15.0 Å². The molecule has 0 saturated carbocycles. The van der Waals surface area contributed by atoms with Crippen LogP contribution in [0.1, 0.15) is 37.6 Å². The van der Waals surface area contributed by atoms with E-state index in [1.54, 1.807) is 0 Å². The van der Waals surface area contributed by atoms with Gasteiger partial charge >= 0.3 is 0 Å². The minimum Gasteiger partial charge on any atom is -0.370 e. The van der Waals surface area contributed by atoms with Gasteiger partial charge in [0.1, 0.15) is 18.8 Å². The van der Waals surface area contributed by atoms with Crippen molar-refractivity contribution in [2.45, 2.75) is 31.8 Å². The highest BCUT2D eigenvalue weighted by atomic mass is 16.5. The van der Waals surface area contributed by atoms with Crippen LogP contribution in [0.4, 0.5) is 0 Å². The van der Waals surface area contributed by atoms with Crippen LogP contribution in [0.15, 0.2) is 12.7 Å². The molecule has 0 bridgehead atoms. The molecule has 1 aromatic heterocycles. The molecule has 1 fully saturated rings. The molecule has 1 unspecified atom stereocenters. The van der Waals surface area contributed by atoms with E-state index in [1.165, 1.54) is 25.5 Å². The number of aromatic nitrogens is 3. The second-order valence-corrected chi connectivity index (χ2v) is 3.21. The first-order chi connectivity index (χ1) is 6.47. The first-order valence-corrected chi connectivity index (χ1v) is 4.70. The van der Waals surface area contributed by atoms with Crippen molar-refractivity contribution in [2.24, 2.45) is 0 Å². The van der Waals surface area contributed by atoms with Crippen molar-refractivity contribution in [2.75, 3.05) is 6.61 Å². The smallest absolute Gasteiger partial charge is 0.160 e. The molecule has 1 aliphatic rings. The number of rotatable bonds is 1. The molecule has 4 heteroatoms. The van der Waals surface area contributed by atoms with Gasteiger partial charge in [-0.1, -0.05) is 12.8 Å². The molecule has 1 atom stereocenters. The molecule has 13 heavy (non-hydrogen) atoms. The van der Waals surface area contributed by atoms with E-state index in [2.05, 4.69) is 15.0 Å². The normalized spacial score (nSPS) is 23.8. The van der Waals surface area contributed by atoms with E-state index in [1.807, 2.05) is 0 Å². The van der Waals surface area contributed by atoms with Crippen molar-refractivity contribution < 1.29 is 4.74 Å². The van der Waals surface area contributed by atoms with E-state index in [-0.39, 0.29) is 6.10 Å². The van der Waals surface area contributed by atoms with Gasteiger partial charge in [0, 0.05) is 6.61 Å². The van der Waals surface area contributed by atoms with Gasteiger partial charge in [-0.2, -0.15) is 0 Å². The van der Waals surface area contributed by atoms with Crippen LogP contribution in [-0.2, 0) is 4.74 Å². The predicted molar refractivity (Wildman–Crippen MR) is 47.0 cm³/mol. The van der Waals surface area contributed by atoms with Crippen molar-refractivity contribution in [1.82, 2.24) is 15.0 Å². The Balaban J connectivity index is 2.06. The second-order valence-electron chi connectivity index (χ2n) is 3.21. The Bertz CT molecular complexity index is 244. The number of nitrogens with zero attached hydrogens (tertiary/aromatic N) is 3. The standard InChI is InChI=1S/C9H13N3O/c1-2-4-8(13-5-3-1)9-11-6-10-7-12-9/h6-8H,1-5H2. The lowest BCUT2D eigenvalue weighted by atomic mass is 10.1. The molecule has 1 aromatic rings. The third-order valence-electron chi connectivity index (χ3n) is 2.23. The van der Waals surface area contributed by atoms with E-state index in [4.69, 9.17) is 4.74 Å². The van der Waals surface area contributed by atoms with E-state index in [9.17, 15) is 0 Å². The zero-order valence-corrected chi connectivity index (χ0v) is 7.52. The molecule has 70 valence electrons. The molecule has 0 aromatic carbocycles. The highest BCUT2D eigenvalue weighted by Crippen LogP contribution is 2.23. The van der Waals surface area contributed by atoms with Crippen molar-refractivity contribution in [3.05, 3.63) is 18.5 Å². The summed E-state index contributed by atoms with van der Waals surface area (Å²) in [5.41, 5.74) is 0. The highest BCUT2D eigenvalue weighted by Gasteiger charge is 2.16. The lowest BCUT2D eigenvalue weighted by Gasteiger charge is -2.11. The predicted octanol–water partition coefficient (Wildman–Crippen LogP) is 1.50. The summed E-state index contributed by atoms with van der Waals surface area (Å²) in [6.07, 6.45) is 7.78. The first-order valence-electron chi connectivity index (χ1n) is 4.70. The van der Waals surface area contributed by atoms with E-state index < -0.39 is 0 Å². The summed E-state index contributed by atoms with van der Waals surface area (Å²) >= 11 is 0. The Morgan fingerprint density at radius 1 is 1.15 bits per heavy atom. The van der Waals surface area contributed by atoms with Crippen LogP contribution < -0.4 is 0 Å². The van der Waals surface area contributed by atoms with Crippen LogP contribution in [-0.4, -0.2) is 21.6 Å². The fourth-order valence-corrected chi connectivity index (χ4v) is 1.54. The van der Waals surface area contributed by atoms with Crippen LogP contribution in [0.2, 0.25) is 0 Å². The molecule has 2 rings (SSSR count). The zero-order valence-electron chi connectivity index (χ0n) is 7.52. The Hall–Kier alpha value is -1.03. The molecular formula is C9H13N3O. The van der Waals surface area contributed by atoms with E-state index in [0.717, 1.165) is 25.3 Å². The largest absolute Gasteiger partial charge is 0.370 e. The number of ether oxygens (including phenoxy) is 1. The molecule has 0 N–H and O–H groups in total. The summed E-state index contributed by atoms with van der Waals surface area (Å²) in [6.45, 7) is 0.830. The topological polar surface area (TPSA) is 47.9 Å². The van der Waals surface area contributed by atoms with Crippen LogP contribution in [0, 0.1) is 0 Å². The quantitative estimate of drug-likeness (QED) is 0.655. The van der Waals surface area contributed by atoms with Gasteiger partial charge in [0.05, 0.1) is 0 Å². The maximum absolute atomic E-state index is 5.64. The van der Waals surface area contributed by atoms with Gasteiger partial charge in [-0.3, -0.25) is 0 Å². The summed E-state index contributed by atoms with van der Waals surface area (Å²) in [4.78, 5) is 12.0. The SMILES string of the molecule is c1ncnc(C2CCCCCO2)n1. The average molecular weight is 179 g/mol. The van der Waals surface area contributed by atoms with Crippen LogP contribution in [0.25, 0.3) is 0 Å². The molecule has 0 spiro atoms. The Kier molecular flexibility index (Phi) is 2.82. The van der Waals surface area contributed by atoms with Gasteiger partial charge in [-0.15, -0.1) is 0 Å². The third kappa shape index (κ3) is 2.21. The molecule has 1 aliphatic heterocycles. The molecule has 4 nitrogen and oxygen atoms in total. The lowest BCUT2D eigenvalue weighted by molar-refractivity contribution is 0.0519. The average Bonchev–Trinajstić information content (AvgIpc) is 2.47. The minimum absolute atomic E-state index is 0.0884. The van der Waals surface area contributed by atoms with Gasteiger partial charge in [0.25, 0.3) is 0 Å². The van der Waals surface area contributed by atoms with Crippen molar-refractivity contribution >= 4 is 0 Å². The fourth-order valence-electron chi connectivity index (χ4n) is 1.54. The molecular weight excluding hydrogens is 166 g/mol. The Morgan fingerprint density at radius 3 is 2.85 bits per heavy atom. The maximum atomic E-state index is 5.64. The zero-order chi connectivity index (χ0) is 8.93. The van der Waals surface area contributed by atoms with E-state index in [0.29, 0.717) is 0 Å². The first kappa shape index (κ1) is 8.56. The number of hydrogen-bond donors (Lipinski definition) is 0. The Labute approximate surface area is 77.4 Å². The van der Waals surface area contributed by atoms with E-state index >= 15 is 0 Å². The summed E-state index contributed by atoms with van der Waals surface area (Å²) in [5.74, 6) is 0.775. The van der Waals surface area contributed by atoms with Crippen molar-refractivity contribution in [3.63, 3.8) is 0 Å². The van der Waals surface area contributed by atoms with Crippen LogP contribution in [0.5, 0.6) is 0 Å². The second kappa shape index (κ2) is 4.28. The van der Waals surface area contributed by atoms with Crippen molar-refractivity contribution in [3.8, 4) is 0 Å². The molecule has 0 amide bonds. The summed E-state index contributed by atoms with van der Waals surface area (Å²) < 4.78 is 5.64. The maximum Gasteiger partial charge on any atom is 0.160 e. The summed E-state index contributed by atoms with van der Waals surface area (Å²) in [7, 11) is 0. The monoisotopic (exact) mass is 179 g/mol. The van der Waals surface area contributed by atoms with Crippen LogP contribution >= 0.6 is 0 Å². The summed E-state index contributed by atoms with van der Waals surface area (Å²) in [6, 6.07) is 0. The minimum atomic E-state index is 0.0884. The third-order valence-corrected chi connectivity index (χ3v) is 2.23. The molecule has 0 aliphatic carbocycles. The summed E-state index contributed by atoms with van der Waals surface area (Å²) in [5, 5.41) is 0. The lowest BCUT2D eigenvalue weighted by Crippen LogP contribution is -2.07. The highest BCUT2D eigenvalue weighted by molar-refractivity contribution is 4.88. The van der Waals surface area contributed by atoms with Gasteiger partial charge in [0.15, 0.2) is 5.82 Å². The molecule has 0 radical (unpaired) electrons. The van der Waals surface area contributed by atoms with Gasteiger partial charge < -0.3 is 4.74 Å². The fraction of sp³-hybridized carbons (Fsp3) is 0.667. The van der Waals surface area contributed by atoms with Crippen molar-refractivity contribution in [1.29, 1.82) is 0 Å². The number of hydrogen-bond acceptors (Lipinski definition) is 4.